The molecule has 1 aromatic heterocycles. The average molecular weight is 428 g/mol. The molecule has 2 aromatic carbocycles. The molecule has 1 saturated heterocycles. The number of aromatic nitrogens is 2. The third kappa shape index (κ3) is 3.26. The number of hydrogen-bond donors (Lipinski definition) is 1. The summed E-state index contributed by atoms with van der Waals surface area (Å²) < 4.78 is 5.20. The summed E-state index contributed by atoms with van der Waals surface area (Å²) in [5, 5.41) is 17.9. The SMILES string of the molecule is CC1(c2cccc([N+](=O)[O-])c2)NC(=O)N(Cc2noc(-c3ccccc3Cl)n2)C1=O. The van der Waals surface area contributed by atoms with Crippen LogP contribution in [0, 0.1) is 10.1 Å². The van der Waals surface area contributed by atoms with Crippen molar-refractivity contribution in [2.75, 3.05) is 0 Å². The quantitative estimate of drug-likeness (QED) is 0.375. The lowest BCUT2D eigenvalue weighted by atomic mass is 9.91. The van der Waals surface area contributed by atoms with E-state index in [1.807, 2.05) is 0 Å². The fourth-order valence-corrected chi connectivity index (χ4v) is 3.39. The molecule has 30 heavy (non-hydrogen) atoms. The molecule has 1 aliphatic rings. The zero-order valence-corrected chi connectivity index (χ0v) is 16.3. The summed E-state index contributed by atoms with van der Waals surface area (Å²) in [5.74, 6) is -0.321. The van der Waals surface area contributed by atoms with Gasteiger partial charge in [0.2, 0.25) is 0 Å². The number of nitro groups is 1. The highest BCUT2D eigenvalue weighted by Crippen LogP contribution is 2.32. The number of nitrogens with one attached hydrogen (secondary N) is 1. The lowest BCUT2D eigenvalue weighted by Gasteiger charge is -2.21. The van der Waals surface area contributed by atoms with Gasteiger partial charge < -0.3 is 9.84 Å². The number of hydrogen-bond acceptors (Lipinski definition) is 7. The Morgan fingerprint density at radius 1 is 1.23 bits per heavy atom. The fraction of sp³-hybridized carbons (Fsp3) is 0.158. The monoisotopic (exact) mass is 427 g/mol. The zero-order valence-electron chi connectivity index (χ0n) is 15.5. The third-order valence-corrected chi connectivity index (χ3v) is 5.11. The van der Waals surface area contributed by atoms with E-state index < -0.39 is 22.4 Å². The number of carbonyl (C=O) groups is 2. The highest BCUT2D eigenvalue weighted by atomic mass is 35.5. The first-order valence-electron chi connectivity index (χ1n) is 8.76. The molecule has 4 rings (SSSR count). The Balaban J connectivity index is 1.59. The highest BCUT2D eigenvalue weighted by molar-refractivity contribution is 6.33. The standard InChI is InChI=1S/C19H14ClN5O5/c1-19(11-5-4-6-12(9-11)25(28)29)17(26)24(18(27)22-19)10-15-21-16(30-23-15)13-7-2-3-8-14(13)20/h2-9H,10H2,1H3,(H,22,27). The second-order valence-corrected chi connectivity index (χ2v) is 7.16. The molecule has 1 unspecified atom stereocenters. The van der Waals surface area contributed by atoms with Crippen molar-refractivity contribution in [1.29, 1.82) is 0 Å². The summed E-state index contributed by atoms with van der Waals surface area (Å²) in [4.78, 5) is 41.1. The van der Waals surface area contributed by atoms with Crippen molar-refractivity contribution in [1.82, 2.24) is 20.4 Å². The van der Waals surface area contributed by atoms with Gasteiger partial charge in [0.25, 0.3) is 17.5 Å². The van der Waals surface area contributed by atoms with Crippen LogP contribution < -0.4 is 5.32 Å². The minimum Gasteiger partial charge on any atom is -0.334 e. The molecule has 152 valence electrons. The largest absolute Gasteiger partial charge is 0.334 e. The lowest BCUT2D eigenvalue weighted by Crippen LogP contribution is -2.40. The molecule has 1 atom stereocenters. The zero-order chi connectivity index (χ0) is 21.5. The fourth-order valence-electron chi connectivity index (χ4n) is 3.17. The minimum atomic E-state index is -1.46. The summed E-state index contributed by atoms with van der Waals surface area (Å²) in [5.41, 5.74) is -0.825. The van der Waals surface area contributed by atoms with E-state index in [1.54, 1.807) is 30.3 Å². The Labute approximate surface area is 174 Å². The minimum absolute atomic E-state index is 0.108. The second kappa shape index (κ2) is 7.23. The third-order valence-electron chi connectivity index (χ3n) is 4.78. The van der Waals surface area contributed by atoms with E-state index in [0.29, 0.717) is 16.1 Å². The molecular formula is C19H14ClN5O5. The highest BCUT2D eigenvalue weighted by Gasteiger charge is 2.49. The number of imide groups is 1. The molecule has 0 saturated carbocycles. The number of amides is 3. The van der Waals surface area contributed by atoms with Gasteiger partial charge in [0.1, 0.15) is 5.54 Å². The average Bonchev–Trinajstić information content (AvgIpc) is 3.27. The van der Waals surface area contributed by atoms with Gasteiger partial charge in [-0.25, -0.2) is 4.79 Å². The Morgan fingerprint density at radius 3 is 2.73 bits per heavy atom. The van der Waals surface area contributed by atoms with Gasteiger partial charge >= 0.3 is 6.03 Å². The first-order chi connectivity index (χ1) is 14.3. The normalized spacial score (nSPS) is 18.5. The molecule has 2 heterocycles. The van der Waals surface area contributed by atoms with E-state index in [0.717, 1.165) is 4.90 Å². The van der Waals surface area contributed by atoms with Crippen molar-refractivity contribution in [3.8, 4) is 11.5 Å². The van der Waals surface area contributed by atoms with Gasteiger partial charge in [-0.15, -0.1) is 0 Å². The van der Waals surface area contributed by atoms with Gasteiger partial charge in [0.15, 0.2) is 5.82 Å². The smallest absolute Gasteiger partial charge is 0.325 e. The second-order valence-electron chi connectivity index (χ2n) is 6.75. The van der Waals surface area contributed by atoms with Crippen LogP contribution in [0.5, 0.6) is 0 Å². The number of nitrogens with zero attached hydrogens (tertiary/aromatic N) is 4. The van der Waals surface area contributed by atoms with Gasteiger partial charge in [-0.1, -0.05) is 41.0 Å². The van der Waals surface area contributed by atoms with Gasteiger partial charge in [-0.2, -0.15) is 4.98 Å². The van der Waals surface area contributed by atoms with Crippen LogP contribution in [0.1, 0.15) is 18.3 Å². The van der Waals surface area contributed by atoms with Crippen molar-refractivity contribution in [3.05, 3.63) is 75.1 Å². The van der Waals surface area contributed by atoms with Gasteiger partial charge in [0.05, 0.1) is 22.1 Å². The van der Waals surface area contributed by atoms with E-state index in [4.69, 9.17) is 16.1 Å². The van der Waals surface area contributed by atoms with Gasteiger partial charge in [-0.3, -0.25) is 19.8 Å². The molecular weight excluding hydrogens is 414 g/mol. The van der Waals surface area contributed by atoms with Crippen LogP contribution in [0.15, 0.2) is 53.1 Å². The Kier molecular flexibility index (Phi) is 4.70. The molecule has 1 N–H and O–H groups in total. The van der Waals surface area contributed by atoms with Crippen LogP contribution in [0.3, 0.4) is 0 Å². The number of halogens is 1. The summed E-state index contributed by atoms with van der Waals surface area (Å²) in [6.45, 7) is 1.25. The molecule has 11 heteroatoms. The Morgan fingerprint density at radius 2 is 2.00 bits per heavy atom. The maximum absolute atomic E-state index is 13.0. The van der Waals surface area contributed by atoms with Crippen molar-refractivity contribution in [2.45, 2.75) is 19.0 Å². The molecule has 0 bridgehead atoms. The molecule has 3 aromatic rings. The van der Waals surface area contributed by atoms with Crippen molar-refractivity contribution >= 4 is 29.2 Å². The topological polar surface area (TPSA) is 131 Å². The van der Waals surface area contributed by atoms with Crippen LogP contribution in [0.4, 0.5) is 10.5 Å². The van der Waals surface area contributed by atoms with Crippen LogP contribution in [-0.4, -0.2) is 31.9 Å². The lowest BCUT2D eigenvalue weighted by molar-refractivity contribution is -0.385. The number of nitro benzene ring substituents is 1. The number of benzene rings is 2. The van der Waals surface area contributed by atoms with E-state index in [1.165, 1.54) is 25.1 Å². The Hall–Kier alpha value is -3.79. The maximum Gasteiger partial charge on any atom is 0.325 e. The summed E-state index contributed by atoms with van der Waals surface area (Å²) in [6.07, 6.45) is 0. The van der Waals surface area contributed by atoms with Crippen molar-refractivity contribution in [3.63, 3.8) is 0 Å². The number of carbonyl (C=O) groups excluding carboxylic acids is 2. The number of rotatable bonds is 5. The number of non-ortho nitro benzene ring substituents is 1. The molecule has 0 aliphatic carbocycles. The van der Waals surface area contributed by atoms with Gasteiger partial charge in [0, 0.05) is 12.1 Å². The van der Waals surface area contributed by atoms with Crippen LogP contribution in [-0.2, 0) is 16.9 Å². The van der Waals surface area contributed by atoms with Crippen LogP contribution >= 0.6 is 11.6 Å². The Bertz CT molecular complexity index is 1180. The predicted molar refractivity (Wildman–Crippen MR) is 104 cm³/mol. The van der Waals surface area contributed by atoms with Crippen LogP contribution in [0.25, 0.3) is 11.5 Å². The van der Waals surface area contributed by atoms with E-state index in [9.17, 15) is 19.7 Å². The summed E-state index contributed by atoms with van der Waals surface area (Å²) >= 11 is 6.12. The predicted octanol–water partition coefficient (Wildman–Crippen LogP) is 3.27. The van der Waals surface area contributed by atoms with Gasteiger partial charge in [-0.05, 0) is 24.6 Å². The first kappa shape index (κ1) is 19.5. The first-order valence-corrected chi connectivity index (χ1v) is 9.14. The van der Waals surface area contributed by atoms with E-state index >= 15 is 0 Å². The van der Waals surface area contributed by atoms with Crippen LogP contribution in [0.2, 0.25) is 5.02 Å². The van der Waals surface area contributed by atoms with E-state index in [-0.39, 0.29) is 23.9 Å². The summed E-state index contributed by atoms with van der Waals surface area (Å²) in [7, 11) is 0. The molecule has 1 aliphatic heterocycles. The van der Waals surface area contributed by atoms with Crippen molar-refractivity contribution < 1.29 is 19.0 Å². The molecule has 10 nitrogen and oxygen atoms in total. The molecule has 0 radical (unpaired) electrons. The maximum atomic E-state index is 13.0. The number of urea groups is 1. The molecule has 0 spiro atoms. The van der Waals surface area contributed by atoms with E-state index in [2.05, 4.69) is 15.5 Å². The summed E-state index contributed by atoms with van der Waals surface area (Å²) in [6, 6.07) is 11.8. The molecule has 3 amide bonds. The van der Waals surface area contributed by atoms with Crippen molar-refractivity contribution in [2.24, 2.45) is 0 Å². The molecule has 1 fully saturated rings.